The van der Waals surface area contributed by atoms with Gasteiger partial charge in [-0.1, -0.05) is 17.7 Å². The van der Waals surface area contributed by atoms with Crippen LogP contribution in [0.2, 0.25) is 0 Å². The molecule has 1 aromatic rings. The van der Waals surface area contributed by atoms with Gasteiger partial charge in [0.25, 0.3) is 0 Å². The molecule has 0 bridgehead atoms. The zero-order valence-electron chi connectivity index (χ0n) is 13.5. The molecule has 0 N–H and O–H groups in total. The molecular formula is C16H24N2O2S3. The van der Waals surface area contributed by atoms with E-state index in [0.29, 0.717) is 24.0 Å². The molecule has 2 saturated heterocycles. The maximum absolute atomic E-state index is 12.7. The van der Waals surface area contributed by atoms with Gasteiger partial charge in [-0.3, -0.25) is 4.90 Å². The number of hydrogen-bond donors (Lipinski definition) is 0. The molecule has 7 heteroatoms. The van der Waals surface area contributed by atoms with Gasteiger partial charge in [0.1, 0.15) is 0 Å². The lowest BCUT2D eigenvalue weighted by molar-refractivity contribution is 0.158. The van der Waals surface area contributed by atoms with E-state index in [1.54, 1.807) is 16.4 Å². The van der Waals surface area contributed by atoms with E-state index in [0.717, 1.165) is 18.7 Å². The van der Waals surface area contributed by atoms with Crippen LogP contribution in [-0.4, -0.2) is 72.9 Å². The second kappa shape index (κ2) is 7.78. The van der Waals surface area contributed by atoms with Gasteiger partial charge in [0.15, 0.2) is 0 Å². The fourth-order valence-corrected chi connectivity index (χ4v) is 7.03. The molecule has 2 fully saturated rings. The summed E-state index contributed by atoms with van der Waals surface area (Å²) in [5.74, 6) is 4.83. The van der Waals surface area contributed by atoms with Crippen LogP contribution in [0, 0.1) is 6.92 Å². The lowest BCUT2D eigenvalue weighted by Gasteiger charge is -2.38. The third-order valence-electron chi connectivity index (χ3n) is 4.44. The van der Waals surface area contributed by atoms with Crippen LogP contribution in [0.4, 0.5) is 0 Å². The van der Waals surface area contributed by atoms with Crippen molar-refractivity contribution >= 4 is 33.5 Å². The van der Waals surface area contributed by atoms with Crippen molar-refractivity contribution in [2.24, 2.45) is 0 Å². The molecule has 4 nitrogen and oxygen atoms in total. The summed E-state index contributed by atoms with van der Waals surface area (Å²) in [6.45, 7) is 4.86. The highest BCUT2D eigenvalue weighted by Crippen LogP contribution is 2.23. The van der Waals surface area contributed by atoms with Crippen LogP contribution in [0.25, 0.3) is 0 Å². The van der Waals surface area contributed by atoms with Gasteiger partial charge >= 0.3 is 0 Å². The molecular weight excluding hydrogens is 348 g/mol. The number of hydrogen-bond acceptors (Lipinski definition) is 5. The Balaban J connectivity index is 1.62. The number of sulfonamides is 1. The Morgan fingerprint density at radius 1 is 0.957 bits per heavy atom. The summed E-state index contributed by atoms with van der Waals surface area (Å²) in [5.41, 5.74) is 1.08. The molecule has 2 aliphatic heterocycles. The number of thioether (sulfide) groups is 2. The fraction of sp³-hybridized carbons (Fsp3) is 0.625. The standard InChI is InChI=1S/C16H24N2O2S3/c1-14-2-4-16(5-3-14)23(19,20)18-8-6-17(7-9-18)15-12-21-10-11-22-13-15/h2-5,15H,6-13H2,1H3. The summed E-state index contributed by atoms with van der Waals surface area (Å²) in [5, 5.41) is 0. The van der Waals surface area contributed by atoms with E-state index < -0.39 is 10.0 Å². The summed E-state index contributed by atoms with van der Waals surface area (Å²) in [4.78, 5) is 2.89. The average Bonchev–Trinajstić information content (AvgIpc) is 2.85. The van der Waals surface area contributed by atoms with Crippen molar-refractivity contribution in [2.45, 2.75) is 17.9 Å². The van der Waals surface area contributed by atoms with E-state index in [1.165, 1.54) is 23.0 Å². The molecule has 0 unspecified atom stereocenters. The third kappa shape index (κ3) is 4.25. The quantitative estimate of drug-likeness (QED) is 0.813. The van der Waals surface area contributed by atoms with E-state index in [1.807, 2.05) is 42.6 Å². The van der Waals surface area contributed by atoms with E-state index in [2.05, 4.69) is 4.90 Å². The second-order valence-corrected chi connectivity index (χ2v) is 10.3. The predicted octanol–water partition coefficient (Wildman–Crippen LogP) is 2.15. The Hall–Kier alpha value is -0.210. The van der Waals surface area contributed by atoms with Gasteiger partial charge in [0, 0.05) is 55.2 Å². The molecule has 1 aromatic carbocycles. The highest BCUT2D eigenvalue weighted by atomic mass is 32.2. The van der Waals surface area contributed by atoms with Crippen LogP contribution in [0.5, 0.6) is 0 Å². The fourth-order valence-electron chi connectivity index (χ4n) is 2.98. The number of benzene rings is 1. The van der Waals surface area contributed by atoms with Gasteiger partial charge in [0.2, 0.25) is 10.0 Å². The van der Waals surface area contributed by atoms with Crippen molar-refractivity contribution in [1.82, 2.24) is 9.21 Å². The molecule has 0 aromatic heterocycles. The maximum Gasteiger partial charge on any atom is 0.243 e. The van der Waals surface area contributed by atoms with Crippen LogP contribution in [0.1, 0.15) is 5.56 Å². The maximum atomic E-state index is 12.7. The van der Waals surface area contributed by atoms with Gasteiger partial charge in [-0.15, -0.1) is 0 Å². The largest absolute Gasteiger partial charge is 0.296 e. The predicted molar refractivity (Wildman–Crippen MR) is 99.9 cm³/mol. The van der Waals surface area contributed by atoms with Crippen molar-refractivity contribution in [3.63, 3.8) is 0 Å². The Labute approximate surface area is 148 Å². The average molecular weight is 373 g/mol. The Morgan fingerprint density at radius 2 is 1.52 bits per heavy atom. The van der Waals surface area contributed by atoms with Crippen molar-refractivity contribution < 1.29 is 8.42 Å². The zero-order chi connectivity index (χ0) is 16.3. The van der Waals surface area contributed by atoms with Gasteiger partial charge < -0.3 is 0 Å². The minimum Gasteiger partial charge on any atom is -0.296 e. The molecule has 128 valence electrons. The summed E-state index contributed by atoms with van der Waals surface area (Å²) in [7, 11) is -3.34. The number of aryl methyl sites for hydroxylation is 1. The SMILES string of the molecule is Cc1ccc(S(=O)(=O)N2CCN(C3CSCCSC3)CC2)cc1. The summed E-state index contributed by atoms with van der Waals surface area (Å²) >= 11 is 4.06. The third-order valence-corrected chi connectivity index (χ3v) is 8.84. The van der Waals surface area contributed by atoms with Crippen LogP contribution in [-0.2, 0) is 10.0 Å². The van der Waals surface area contributed by atoms with E-state index in [-0.39, 0.29) is 0 Å². The molecule has 3 rings (SSSR count). The molecule has 0 radical (unpaired) electrons. The van der Waals surface area contributed by atoms with Gasteiger partial charge in [-0.25, -0.2) is 8.42 Å². The lowest BCUT2D eigenvalue weighted by Crippen LogP contribution is -2.53. The van der Waals surface area contributed by atoms with Crippen LogP contribution in [0.3, 0.4) is 0 Å². The summed E-state index contributed by atoms with van der Waals surface area (Å²) < 4.78 is 27.1. The van der Waals surface area contributed by atoms with E-state index in [4.69, 9.17) is 0 Å². The molecule has 0 saturated carbocycles. The summed E-state index contributed by atoms with van der Waals surface area (Å²) in [6.07, 6.45) is 0. The Kier molecular flexibility index (Phi) is 5.96. The highest BCUT2D eigenvalue weighted by Gasteiger charge is 2.31. The summed E-state index contributed by atoms with van der Waals surface area (Å²) in [6, 6.07) is 7.76. The van der Waals surface area contributed by atoms with Crippen LogP contribution in [0.15, 0.2) is 29.2 Å². The first-order chi connectivity index (χ1) is 11.1. The second-order valence-electron chi connectivity index (χ2n) is 6.06. The van der Waals surface area contributed by atoms with Gasteiger partial charge in [-0.2, -0.15) is 27.8 Å². The molecule has 0 amide bonds. The molecule has 23 heavy (non-hydrogen) atoms. The first-order valence-corrected chi connectivity index (χ1v) is 11.8. The van der Waals surface area contributed by atoms with Gasteiger partial charge in [-0.05, 0) is 19.1 Å². The molecule has 2 heterocycles. The monoisotopic (exact) mass is 372 g/mol. The minimum atomic E-state index is -3.34. The van der Waals surface area contributed by atoms with Crippen molar-refractivity contribution in [3.05, 3.63) is 29.8 Å². The first-order valence-electron chi connectivity index (χ1n) is 8.04. The van der Waals surface area contributed by atoms with E-state index in [9.17, 15) is 8.42 Å². The molecule has 2 aliphatic rings. The van der Waals surface area contributed by atoms with Crippen molar-refractivity contribution in [2.75, 3.05) is 49.2 Å². The number of piperazine rings is 1. The lowest BCUT2D eigenvalue weighted by atomic mass is 10.2. The van der Waals surface area contributed by atoms with Crippen molar-refractivity contribution in [1.29, 1.82) is 0 Å². The highest BCUT2D eigenvalue weighted by molar-refractivity contribution is 8.03. The first kappa shape index (κ1) is 17.6. The topological polar surface area (TPSA) is 40.6 Å². The molecule has 0 aliphatic carbocycles. The number of rotatable bonds is 3. The normalized spacial score (nSPS) is 22.8. The van der Waals surface area contributed by atoms with Crippen molar-refractivity contribution in [3.8, 4) is 0 Å². The molecule has 0 atom stereocenters. The number of nitrogens with zero attached hydrogens (tertiary/aromatic N) is 2. The minimum absolute atomic E-state index is 0.414. The van der Waals surface area contributed by atoms with Gasteiger partial charge in [0.05, 0.1) is 4.90 Å². The van der Waals surface area contributed by atoms with Crippen LogP contribution < -0.4 is 0 Å². The Morgan fingerprint density at radius 3 is 2.09 bits per heavy atom. The smallest absolute Gasteiger partial charge is 0.243 e. The zero-order valence-corrected chi connectivity index (χ0v) is 15.9. The molecule has 0 spiro atoms. The van der Waals surface area contributed by atoms with E-state index >= 15 is 0 Å². The van der Waals surface area contributed by atoms with Crippen LogP contribution >= 0.6 is 23.5 Å². The Bertz CT molecular complexity index is 603.